The Morgan fingerprint density at radius 3 is 2.25 bits per heavy atom. The molecule has 0 spiro atoms. The number of alkyl halides is 3. The van der Waals surface area contributed by atoms with Gasteiger partial charge in [-0.3, -0.25) is 13.9 Å². The molecule has 2 aromatic carbocycles. The number of nitrogens with zero attached hydrogens (tertiary/aromatic N) is 2. The van der Waals surface area contributed by atoms with Crippen molar-refractivity contribution in [3.63, 3.8) is 0 Å². The Hall–Kier alpha value is -2.79. The lowest BCUT2D eigenvalue weighted by Crippen LogP contribution is -2.54. The van der Waals surface area contributed by atoms with Crippen LogP contribution in [0.25, 0.3) is 0 Å². The normalized spacial score (nSPS) is 15.4. The first-order valence-electron chi connectivity index (χ1n) is 13.2. The zero-order valence-electron chi connectivity index (χ0n) is 22.8. The van der Waals surface area contributed by atoms with Gasteiger partial charge in [-0.05, 0) is 49.9 Å². The molecule has 1 N–H and O–H groups in total. The molecule has 2 aromatic rings. The van der Waals surface area contributed by atoms with Gasteiger partial charge >= 0.3 is 6.18 Å². The number of benzene rings is 2. The van der Waals surface area contributed by atoms with Gasteiger partial charge in [-0.15, -0.1) is 0 Å². The summed E-state index contributed by atoms with van der Waals surface area (Å²) in [6.07, 6.45) is 1.01. The van der Waals surface area contributed by atoms with E-state index in [1.807, 2.05) is 31.2 Å². The summed E-state index contributed by atoms with van der Waals surface area (Å²) in [5.41, 5.74) is 0.139. The van der Waals surface area contributed by atoms with Gasteiger partial charge in [-0.1, -0.05) is 67.6 Å². The minimum Gasteiger partial charge on any atom is -0.352 e. The molecule has 1 unspecified atom stereocenters. The first-order chi connectivity index (χ1) is 18.7. The van der Waals surface area contributed by atoms with E-state index in [0.29, 0.717) is 10.4 Å². The predicted molar refractivity (Wildman–Crippen MR) is 149 cm³/mol. The van der Waals surface area contributed by atoms with Gasteiger partial charge in [0.1, 0.15) is 12.6 Å². The highest BCUT2D eigenvalue weighted by Gasteiger charge is 2.36. The smallest absolute Gasteiger partial charge is 0.352 e. The number of sulfonamides is 1. The van der Waals surface area contributed by atoms with Crippen LogP contribution >= 0.6 is 11.6 Å². The van der Waals surface area contributed by atoms with Gasteiger partial charge in [0, 0.05) is 12.6 Å². The Bertz CT molecular complexity index is 1300. The van der Waals surface area contributed by atoms with Crippen molar-refractivity contribution < 1.29 is 31.2 Å². The fraction of sp³-hybridized carbons (Fsp3) is 0.500. The zero-order valence-corrected chi connectivity index (χ0v) is 24.4. The molecule has 3 rings (SSSR count). The topological polar surface area (TPSA) is 86.8 Å². The number of carbonyl (C=O) groups excluding carboxylic acids is 2. The molecule has 0 heterocycles. The van der Waals surface area contributed by atoms with Gasteiger partial charge < -0.3 is 10.2 Å². The van der Waals surface area contributed by atoms with Crippen LogP contribution in [0.2, 0.25) is 5.02 Å². The monoisotopic (exact) mass is 601 g/mol. The van der Waals surface area contributed by atoms with Crippen molar-refractivity contribution in [2.75, 3.05) is 17.1 Å². The fourth-order valence-electron chi connectivity index (χ4n) is 4.85. The molecule has 7 nitrogen and oxygen atoms in total. The van der Waals surface area contributed by atoms with E-state index in [1.165, 1.54) is 4.90 Å². The highest BCUT2D eigenvalue weighted by molar-refractivity contribution is 7.92. The third kappa shape index (κ3) is 8.36. The van der Waals surface area contributed by atoms with Crippen molar-refractivity contribution in [3.8, 4) is 0 Å². The van der Waals surface area contributed by atoms with Crippen LogP contribution in [0.15, 0.2) is 42.5 Å². The van der Waals surface area contributed by atoms with E-state index in [-0.39, 0.29) is 30.6 Å². The molecule has 1 aliphatic carbocycles. The van der Waals surface area contributed by atoms with Crippen molar-refractivity contribution in [3.05, 3.63) is 64.2 Å². The van der Waals surface area contributed by atoms with E-state index < -0.39 is 45.3 Å². The average Bonchev–Trinajstić information content (AvgIpc) is 2.88. The summed E-state index contributed by atoms with van der Waals surface area (Å²) in [6, 6.07) is 9.08. The lowest BCUT2D eigenvalue weighted by Gasteiger charge is -2.34. The summed E-state index contributed by atoms with van der Waals surface area (Å²) in [5, 5.41) is 2.45. The van der Waals surface area contributed by atoms with E-state index >= 15 is 0 Å². The fourth-order valence-corrected chi connectivity index (χ4v) is 5.92. The molecule has 220 valence electrons. The number of halogens is 4. The van der Waals surface area contributed by atoms with Crippen molar-refractivity contribution in [1.29, 1.82) is 0 Å². The van der Waals surface area contributed by atoms with Gasteiger partial charge in [-0.2, -0.15) is 13.2 Å². The van der Waals surface area contributed by atoms with Gasteiger partial charge in [0.25, 0.3) is 0 Å². The molecule has 0 radical (unpaired) electrons. The Labute approximate surface area is 238 Å². The second-order valence-electron chi connectivity index (χ2n) is 10.2. The molecule has 1 aliphatic rings. The molecular formula is C28H35ClF3N3O4S. The number of rotatable bonds is 10. The van der Waals surface area contributed by atoms with E-state index in [2.05, 4.69) is 5.32 Å². The van der Waals surface area contributed by atoms with Crippen LogP contribution in [0.5, 0.6) is 0 Å². The first-order valence-corrected chi connectivity index (χ1v) is 15.4. The molecule has 0 bridgehead atoms. The summed E-state index contributed by atoms with van der Waals surface area (Å²) in [5.74, 6) is -1.06. The van der Waals surface area contributed by atoms with Crippen molar-refractivity contribution in [1.82, 2.24) is 10.2 Å². The zero-order chi connectivity index (χ0) is 29.7. The number of hydrogen-bond donors (Lipinski definition) is 1. The lowest BCUT2D eigenvalue weighted by molar-refractivity contribution is -0.140. The SMILES string of the molecule is CCC(C(=O)NC1CCCCC1)N(Cc1ccc(C)cc1)C(=O)CN(c1ccc(Cl)c(C(F)(F)F)c1)S(C)(=O)=O. The molecule has 1 fully saturated rings. The number of nitrogens with one attached hydrogen (secondary N) is 1. The van der Waals surface area contributed by atoms with Crippen LogP contribution in [0.1, 0.15) is 62.1 Å². The van der Waals surface area contributed by atoms with Crippen molar-refractivity contribution in [2.24, 2.45) is 0 Å². The number of anilines is 1. The third-order valence-electron chi connectivity index (χ3n) is 7.03. The Balaban J connectivity index is 1.96. The molecule has 12 heteroatoms. The van der Waals surface area contributed by atoms with Crippen molar-refractivity contribution in [2.45, 2.75) is 77.2 Å². The molecule has 40 heavy (non-hydrogen) atoms. The molecule has 1 atom stereocenters. The molecule has 0 aliphatic heterocycles. The summed E-state index contributed by atoms with van der Waals surface area (Å²) >= 11 is 5.72. The standard InChI is InChI=1S/C28H35ClF3N3O4S/c1-4-25(27(37)33-21-8-6-5-7-9-21)34(17-20-12-10-19(2)11-13-20)26(36)18-35(40(3,38)39)22-14-15-24(29)23(16-22)28(30,31)32/h10-16,21,25H,4-9,17-18H2,1-3H3,(H,33,37). The van der Waals surface area contributed by atoms with Crippen molar-refractivity contribution >= 4 is 39.1 Å². The van der Waals surface area contributed by atoms with E-state index in [4.69, 9.17) is 11.6 Å². The van der Waals surface area contributed by atoms with Gasteiger partial charge in [0.05, 0.1) is 22.5 Å². The second-order valence-corrected chi connectivity index (χ2v) is 12.5. The van der Waals surface area contributed by atoms with E-state index in [1.54, 1.807) is 6.92 Å². The van der Waals surface area contributed by atoms with E-state index in [0.717, 1.165) is 61.6 Å². The Morgan fingerprint density at radius 2 is 1.70 bits per heavy atom. The molecule has 2 amide bonds. The minimum atomic E-state index is -4.83. The highest BCUT2D eigenvalue weighted by Crippen LogP contribution is 2.37. The van der Waals surface area contributed by atoms with Gasteiger partial charge in [0.2, 0.25) is 21.8 Å². The maximum absolute atomic E-state index is 13.8. The second kappa shape index (κ2) is 13.2. The number of carbonyl (C=O) groups is 2. The van der Waals surface area contributed by atoms with Crippen LogP contribution in [-0.2, 0) is 32.3 Å². The largest absolute Gasteiger partial charge is 0.417 e. The minimum absolute atomic E-state index is 0.00555. The lowest BCUT2D eigenvalue weighted by atomic mass is 9.95. The van der Waals surface area contributed by atoms with E-state index in [9.17, 15) is 31.2 Å². The predicted octanol–water partition coefficient (Wildman–Crippen LogP) is 5.69. The number of hydrogen-bond acceptors (Lipinski definition) is 4. The summed E-state index contributed by atoms with van der Waals surface area (Å²) in [4.78, 5) is 28.5. The van der Waals surface area contributed by atoms with Gasteiger partial charge in [-0.25, -0.2) is 8.42 Å². The van der Waals surface area contributed by atoms with Crippen LogP contribution in [0.3, 0.4) is 0 Å². The summed E-state index contributed by atoms with van der Waals surface area (Å²) in [6.45, 7) is 2.88. The maximum Gasteiger partial charge on any atom is 0.417 e. The molecule has 0 aromatic heterocycles. The first kappa shape index (κ1) is 31.7. The van der Waals surface area contributed by atoms with Gasteiger partial charge in [0.15, 0.2) is 0 Å². The van der Waals surface area contributed by atoms with Crippen LogP contribution in [0, 0.1) is 6.92 Å². The Morgan fingerprint density at radius 1 is 1.07 bits per heavy atom. The molecular weight excluding hydrogens is 567 g/mol. The molecule has 1 saturated carbocycles. The highest BCUT2D eigenvalue weighted by atomic mass is 35.5. The molecule has 0 saturated heterocycles. The quantitative estimate of drug-likeness (QED) is 0.379. The Kier molecular flexibility index (Phi) is 10.5. The third-order valence-corrected chi connectivity index (χ3v) is 8.50. The number of aryl methyl sites for hydroxylation is 1. The average molecular weight is 602 g/mol. The maximum atomic E-state index is 13.8. The number of amides is 2. The summed E-state index contributed by atoms with van der Waals surface area (Å²) in [7, 11) is -4.20. The summed E-state index contributed by atoms with van der Waals surface area (Å²) < 4.78 is 66.6. The van der Waals surface area contributed by atoms with Crippen LogP contribution in [0.4, 0.5) is 18.9 Å². The van der Waals surface area contributed by atoms with Crippen LogP contribution in [-0.4, -0.2) is 50.0 Å². The van der Waals surface area contributed by atoms with Crippen LogP contribution < -0.4 is 9.62 Å².